The second kappa shape index (κ2) is 14.9. The van der Waals surface area contributed by atoms with Crippen LogP contribution in [0.25, 0.3) is 0 Å². The zero-order valence-electron chi connectivity index (χ0n) is 24.9. The molecule has 4 rings (SSSR count). The molecule has 0 aliphatic carbocycles. The predicted molar refractivity (Wildman–Crippen MR) is 173 cm³/mol. The van der Waals surface area contributed by atoms with Gasteiger partial charge in [0.1, 0.15) is 18.3 Å². The number of likely N-dealkylation sites (N-methyl/N-ethyl adjacent to an activating group) is 1. The average Bonchev–Trinajstić information content (AvgIpc) is 3.03. The molecular weight excluding hydrogens is 598 g/mol. The van der Waals surface area contributed by atoms with Gasteiger partial charge in [-0.3, -0.25) is 13.9 Å². The predicted octanol–water partition coefficient (Wildman–Crippen LogP) is 5.63. The smallest absolute Gasteiger partial charge is 0.264 e. The first-order chi connectivity index (χ1) is 21.1. The van der Waals surface area contributed by atoms with E-state index in [9.17, 15) is 18.0 Å². The molecule has 8 nitrogen and oxygen atoms in total. The van der Waals surface area contributed by atoms with Gasteiger partial charge in [0, 0.05) is 30.6 Å². The highest BCUT2D eigenvalue weighted by atomic mass is 35.5. The summed E-state index contributed by atoms with van der Waals surface area (Å²) in [6.07, 6.45) is 0.232. The molecule has 1 atom stereocenters. The summed E-state index contributed by atoms with van der Waals surface area (Å²) in [6.45, 7) is 3.54. The first-order valence-electron chi connectivity index (χ1n) is 14.2. The number of nitrogens with zero attached hydrogens (tertiary/aromatic N) is 2. The number of sulfonamides is 1. The Bertz CT molecular complexity index is 1660. The second-order valence-corrected chi connectivity index (χ2v) is 12.6. The number of rotatable bonds is 13. The summed E-state index contributed by atoms with van der Waals surface area (Å²) >= 11 is 6.12. The molecule has 0 bridgehead atoms. The van der Waals surface area contributed by atoms with Gasteiger partial charge in [-0.25, -0.2) is 8.42 Å². The Labute approximate surface area is 264 Å². The molecule has 1 N–H and O–H groups in total. The van der Waals surface area contributed by atoms with Crippen molar-refractivity contribution < 1.29 is 22.7 Å². The molecule has 0 aliphatic heterocycles. The van der Waals surface area contributed by atoms with Gasteiger partial charge in [0.15, 0.2) is 0 Å². The van der Waals surface area contributed by atoms with Crippen molar-refractivity contribution in [2.75, 3.05) is 24.5 Å². The quantitative estimate of drug-likeness (QED) is 0.206. The van der Waals surface area contributed by atoms with E-state index in [1.54, 1.807) is 60.7 Å². The normalized spacial score (nSPS) is 11.8. The third-order valence-electron chi connectivity index (χ3n) is 7.12. The Hall–Kier alpha value is -4.34. The van der Waals surface area contributed by atoms with Crippen LogP contribution in [-0.2, 0) is 32.6 Å². The Kier molecular flexibility index (Phi) is 11.0. The van der Waals surface area contributed by atoms with E-state index in [1.807, 2.05) is 44.2 Å². The van der Waals surface area contributed by atoms with Crippen LogP contribution in [0.3, 0.4) is 0 Å². The molecule has 230 valence electrons. The minimum absolute atomic E-state index is 0.0348. The van der Waals surface area contributed by atoms with Crippen LogP contribution in [0.4, 0.5) is 5.69 Å². The van der Waals surface area contributed by atoms with Crippen LogP contribution in [0.1, 0.15) is 23.6 Å². The van der Waals surface area contributed by atoms with Gasteiger partial charge in [-0.05, 0) is 61.4 Å². The van der Waals surface area contributed by atoms with Crippen molar-refractivity contribution in [2.45, 2.75) is 37.8 Å². The summed E-state index contributed by atoms with van der Waals surface area (Å²) in [4.78, 5) is 29.4. The van der Waals surface area contributed by atoms with Gasteiger partial charge in [0.25, 0.3) is 10.0 Å². The van der Waals surface area contributed by atoms with Gasteiger partial charge in [0.05, 0.1) is 17.7 Å². The van der Waals surface area contributed by atoms with Crippen LogP contribution in [0.2, 0.25) is 5.02 Å². The molecular formula is C34H36ClN3O5S. The minimum Gasteiger partial charge on any atom is -0.497 e. The Morgan fingerprint density at radius 1 is 0.886 bits per heavy atom. The second-order valence-electron chi connectivity index (χ2n) is 10.3. The molecule has 4 aromatic rings. The zero-order valence-corrected chi connectivity index (χ0v) is 26.5. The van der Waals surface area contributed by atoms with Gasteiger partial charge < -0.3 is 15.0 Å². The van der Waals surface area contributed by atoms with E-state index in [0.717, 1.165) is 21.0 Å². The van der Waals surface area contributed by atoms with Gasteiger partial charge in [-0.1, -0.05) is 77.8 Å². The van der Waals surface area contributed by atoms with E-state index in [2.05, 4.69) is 5.32 Å². The van der Waals surface area contributed by atoms with Crippen molar-refractivity contribution >= 4 is 39.1 Å². The first kappa shape index (κ1) is 32.6. The summed E-state index contributed by atoms with van der Waals surface area (Å²) < 4.78 is 34.7. The summed E-state index contributed by atoms with van der Waals surface area (Å²) in [5, 5.41) is 3.39. The largest absolute Gasteiger partial charge is 0.497 e. The molecule has 0 saturated heterocycles. The standard InChI is InChI=1S/C34H36ClN3O5S/c1-4-36-34(40)32(21-26-9-6-5-7-10-26)37(23-27-15-17-28(35)18-16-27)33(39)24-38(29-11-8-12-30(22-29)43-3)44(41,42)31-19-13-25(2)14-20-31/h5-20,22,32H,4,21,23-24H2,1-3H3,(H,36,40)/t32-/m1/s1. The SMILES string of the molecule is CCNC(=O)[C@@H](Cc1ccccc1)N(Cc1ccc(Cl)cc1)C(=O)CN(c1cccc(OC)c1)S(=O)(=O)c1ccc(C)cc1. The fourth-order valence-electron chi connectivity index (χ4n) is 4.76. The molecule has 10 heteroatoms. The van der Waals surface area contributed by atoms with Crippen molar-refractivity contribution in [2.24, 2.45) is 0 Å². The molecule has 0 aliphatic rings. The topological polar surface area (TPSA) is 96.0 Å². The van der Waals surface area contributed by atoms with Gasteiger partial charge in [0.2, 0.25) is 11.8 Å². The highest BCUT2D eigenvalue weighted by Gasteiger charge is 2.34. The summed E-state index contributed by atoms with van der Waals surface area (Å²) in [7, 11) is -2.72. The van der Waals surface area contributed by atoms with Crippen LogP contribution in [0.15, 0.2) is 108 Å². The number of carbonyl (C=O) groups is 2. The monoisotopic (exact) mass is 633 g/mol. The summed E-state index contributed by atoms with van der Waals surface area (Å²) in [5.74, 6) is -0.458. The van der Waals surface area contributed by atoms with Crippen LogP contribution in [0, 0.1) is 6.92 Å². The lowest BCUT2D eigenvalue weighted by atomic mass is 10.0. The summed E-state index contributed by atoms with van der Waals surface area (Å²) in [6, 6.07) is 28.4. The number of hydrogen-bond acceptors (Lipinski definition) is 5. The molecule has 0 fully saturated rings. The number of ether oxygens (including phenoxy) is 1. The highest BCUT2D eigenvalue weighted by Crippen LogP contribution is 2.28. The number of anilines is 1. The van der Waals surface area contributed by atoms with Crippen LogP contribution in [0.5, 0.6) is 5.75 Å². The van der Waals surface area contributed by atoms with Gasteiger partial charge in [-0.15, -0.1) is 0 Å². The van der Waals surface area contributed by atoms with Crippen LogP contribution in [-0.4, -0.2) is 51.4 Å². The lowest BCUT2D eigenvalue weighted by Gasteiger charge is -2.34. The van der Waals surface area contributed by atoms with Crippen molar-refractivity contribution in [1.82, 2.24) is 10.2 Å². The maximum atomic E-state index is 14.4. The van der Waals surface area contributed by atoms with Crippen molar-refractivity contribution in [3.05, 3.63) is 125 Å². The fourth-order valence-corrected chi connectivity index (χ4v) is 6.30. The number of nitrogens with one attached hydrogen (secondary N) is 1. The number of hydrogen-bond donors (Lipinski definition) is 1. The number of benzene rings is 4. The van der Waals surface area contributed by atoms with Crippen LogP contribution >= 0.6 is 11.6 Å². The number of halogens is 1. The third-order valence-corrected chi connectivity index (χ3v) is 9.16. The zero-order chi connectivity index (χ0) is 31.7. The van der Waals surface area contributed by atoms with Crippen molar-refractivity contribution in [3.63, 3.8) is 0 Å². The Morgan fingerprint density at radius 3 is 2.20 bits per heavy atom. The number of carbonyl (C=O) groups excluding carboxylic acids is 2. The van der Waals surface area contributed by atoms with E-state index in [1.165, 1.54) is 24.1 Å². The van der Waals surface area contributed by atoms with Gasteiger partial charge >= 0.3 is 0 Å². The minimum atomic E-state index is -4.21. The van der Waals surface area contributed by atoms with Crippen molar-refractivity contribution in [3.8, 4) is 5.75 Å². The van der Waals surface area contributed by atoms with Crippen LogP contribution < -0.4 is 14.4 Å². The van der Waals surface area contributed by atoms with E-state index in [4.69, 9.17) is 16.3 Å². The molecule has 0 spiro atoms. The van der Waals surface area contributed by atoms with E-state index >= 15 is 0 Å². The number of aryl methyl sites for hydroxylation is 1. The molecule has 2 amide bonds. The maximum absolute atomic E-state index is 14.4. The van der Waals surface area contributed by atoms with Gasteiger partial charge in [-0.2, -0.15) is 0 Å². The molecule has 0 unspecified atom stereocenters. The van der Waals surface area contributed by atoms with E-state index in [-0.39, 0.29) is 29.5 Å². The van der Waals surface area contributed by atoms with E-state index in [0.29, 0.717) is 17.3 Å². The third kappa shape index (κ3) is 8.18. The van der Waals surface area contributed by atoms with E-state index < -0.39 is 28.5 Å². The molecule has 44 heavy (non-hydrogen) atoms. The fraction of sp³-hybridized carbons (Fsp3) is 0.235. The number of methoxy groups -OCH3 is 1. The first-order valence-corrected chi connectivity index (χ1v) is 16.0. The Morgan fingerprint density at radius 2 is 1.57 bits per heavy atom. The van der Waals surface area contributed by atoms with Crippen molar-refractivity contribution in [1.29, 1.82) is 0 Å². The molecule has 0 saturated carbocycles. The molecule has 0 aromatic heterocycles. The molecule has 0 heterocycles. The maximum Gasteiger partial charge on any atom is 0.264 e. The molecule has 0 radical (unpaired) electrons. The lowest BCUT2D eigenvalue weighted by Crippen LogP contribution is -2.53. The average molecular weight is 634 g/mol. The molecule has 4 aromatic carbocycles. The lowest BCUT2D eigenvalue weighted by molar-refractivity contribution is -0.140. The summed E-state index contributed by atoms with van der Waals surface area (Å²) in [5.41, 5.74) is 2.74. The highest BCUT2D eigenvalue weighted by molar-refractivity contribution is 7.92. The number of amides is 2. The Balaban J connectivity index is 1.80.